The Bertz CT molecular complexity index is 403. The summed E-state index contributed by atoms with van der Waals surface area (Å²) in [4.78, 5) is 14.9. The van der Waals surface area contributed by atoms with Crippen LogP contribution in [-0.4, -0.2) is 30.9 Å². The van der Waals surface area contributed by atoms with Gasteiger partial charge in [0.15, 0.2) is 0 Å². The molecule has 1 aromatic heterocycles. The summed E-state index contributed by atoms with van der Waals surface area (Å²) < 4.78 is 0.773. The fraction of sp³-hybridized carbons (Fsp3) is 0.615. The summed E-state index contributed by atoms with van der Waals surface area (Å²) in [7, 11) is 1.83. The second-order valence-corrected chi connectivity index (χ2v) is 7.12. The van der Waals surface area contributed by atoms with Gasteiger partial charge in [-0.05, 0) is 30.5 Å². The number of hydrogen-bond donors (Lipinski definition) is 1. The number of carbonyl (C=O) groups excluding carboxylic acids is 1. The Labute approximate surface area is 118 Å². The Hall–Kier alpha value is -0.580. The van der Waals surface area contributed by atoms with E-state index in [2.05, 4.69) is 13.8 Å². The third-order valence-electron chi connectivity index (χ3n) is 2.86. The molecule has 0 radical (unpaired) electrons. The van der Waals surface area contributed by atoms with Crippen LogP contribution in [0.15, 0.2) is 12.1 Å². The van der Waals surface area contributed by atoms with Gasteiger partial charge in [0.1, 0.15) is 0 Å². The van der Waals surface area contributed by atoms with E-state index in [4.69, 9.17) is 17.3 Å². The molecule has 5 heteroatoms. The molecule has 0 aliphatic carbocycles. The Morgan fingerprint density at radius 3 is 2.67 bits per heavy atom. The molecule has 1 amide bonds. The lowest BCUT2D eigenvalue weighted by Crippen LogP contribution is -2.39. The molecule has 0 saturated carbocycles. The number of hydrogen-bond acceptors (Lipinski definition) is 3. The van der Waals surface area contributed by atoms with Gasteiger partial charge in [0.2, 0.25) is 5.91 Å². The van der Waals surface area contributed by atoms with Crippen molar-refractivity contribution in [3.63, 3.8) is 0 Å². The Balaban J connectivity index is 2.41. The van der Waals surface area contributed by atoms with E-state index in [1.165, 1.54) is 11.3 Å². The van der Waals surface area contributed by atoms with Crippen molar-refractivity contribution in [1.82, 2.24) is 4.90 Å². The van der Waals surface area contributed by atoms with E-state index in [1.807, 2.05) is 19.2 Å². The first-order chi connectivity index (χ1) is 8.34. The first-order valence-electron chi connectivity index (χ1n) is 6.02. The predicted octanol–water partition coefficient (Wildman–Crippen LogP) is 2.78. The van der Waals surface area contributed by atoms with Crippen molar-refractivity contribution < 1.29 is 4.79 Å². The van der Waals surface area contributed by atoms with E-state index in [0.717, 1.165) is 15.6 Å². The summed E-state index contributed by atoms with van der Waals surface area (Å²) in [6.07, 6.45) is 1.28. The van der Waals surface area contributed by atoms with Gasteiger partial charge in [-0.3, -0.25) is 4.79 Å². The van der Waals surface area contributed by atoms with E-state index in [9.17, 15) is 4.79 Å². The van der Waals surface area contributed by atoms with Gasteiger partial charge in [-0.2, -0.15) is 0 Å². The van der Waals surface area contributed by atoms with Crippen molar-refractivity contribution in [1.29, 1.82) is 0 Å². The minimum Gasteiger partial charge on any atom is -0.345 e. The van der Waals surface area contributed by atoms with Gasteiger partial charge in [-0.25, -0.2) is 0 Å². The summed E-state index contributed by atoms with van der Waals surface area (Å²) in [6, 6.07) is 3.84. The monoisotopic (exact) mass is 288 g/mol. The second kappa shape index (κ2) is 6.55. The normalized spacial score (nSPS) is 11.6. The third kappa shape index (κ3) is 4.96. The van der Waals surface area contributed by atoms with Crippen LogP contribution >= 0.6 is 22.9 Å². The fourth-order valence-corrected chi connectivity index (χ4v) is 2.79. The van der Waals surface area contributed by atoms with Gasteiger partial charge in [0.05, 0.1) is 4.34 Å². The zero-order valence-electron chi connectivity index (χ0n) is 11.2. The second-order valence-electron chi connectivity index (χ2n) is 5.32. The molecule has 3 nitrogen and oxygen atoms in total. The molecule has 0 aliphatic rings. The zero-order chi connectivity index (χ0) is 13.8. The molecule has 1 rings (SSSR count). The van der Waals surface area contributed by atoms with Crippen molar-refractivity contribution in [2.75, 3.05) is 20.1 Å². The van der Waals surface area contributed by atoms with Crippen LogP contribution in [0.1, 0.15) is 25.1 Å². The summed E-state index contributed by atoms with van der Waals surface area (Å²) >= 11 is 7.39. The van der Waals surface area contributed by atoms with Crippen LogP contribution < -0.4 is 5.73 Å². The Morgan fingerprint density at radius 2 is 2.17 bits per heavy atom. The molecule has 2 N–H and O–H groups in total. The van der Waals surface area contributed by atoms with Crippen LogP contribution in [0, 0.1) is 5.41 Å². The van der Waals surface area contributed by atoms with Crippen molar-refractivity contribution in [3.05, 3.63) is 21.3 Å². The number of nitrogens with two attached hydrogens (primary N) is 1. The van der Waals surface area contributed by atoms with E-state index in [0.29, 0.717) is 19.5 Å². The minimum atomic E-state index is -0.0311. The molecule has 0 spiro atoms. The van der Waals surface area contributed by atoms with Crippen LogP contribution in [0.4, 0.5) is 0 Å². The SMILES string of the molecule is CN(CC(C)(C)CN)C(=O)CCc1ccc(Cl)s1. The number of amides is 1. The highest BCUT2D eigenvalue weighted by molar-refractivity contribution is 7.16. The molecule has 1 heterocycles. The van der Waals surface area contributed by atoms with Gasteiger partial charge in [0.25, 0.3) is 0 Å². The number of thiophene rings is 1. The van der Waals surface area contributed by atoms with Crippen LogP contribution in [0.3, 0.4) is 0 Å². The zero-order valence-corrected chi connectivity index (χ0v) is 12.8. The molecule has 102 valence electrons. The van der Waals surface area contributed by atoms with Crippen LogP contribution in [0.5, 0.6) is 0 Å². The lowest BCUT2D eigenvalue weighted by atomic mass is 9.93. The maximum Gasteiger partial charge on any atom is 0.222 e. The molecule has 18 heavy (non-hydrogen) atoms. The van der Waals surface area contributed by atoms with Gasteiger partial charge in [-0.15, -0.1) is 11.3 Å². The maximum atomic E-state index is 12.0. The fourth-order valence-electron chi connectivity index (χ4n) is 1.70. The molecular weight excluding hydrogens is 268 g/mol. The lowest BCUT2D eigenvalue weighted by molar-refractivity contribution is -0.131. The molecule has 0 unspecified atom stereocenters. The molecule has 1 aromatic rings. The molecule has 0 bridgehead atoms. The van der Waals surface area contributed by atoms with Crippen molar-refractivity contribution in [2.45, 2.75) is 26.7 Å². The maximum absolute atomic E-state index is 12.0. The van der Waals surface area contributed by atoms with Gasteiger partial charge in [0, 0.05) is 24.9 Å². The average molecular weight is 289 g/mol. The number of nitrogens with zero attached hydrogens (tertiary/aromatic N) is 1. The standard InChI is InChI=1S/C13H21ClN2OS/c1-13(2,8-15)9-16(3)12(17)7-5-10-4-6-11(14)18-10/h4,6H,5,7-9,15H2,1-3H3. The molecule has 0 aliphatic heterocycles. The summed E-state index contributed by atoms with van der Waals surface area (Å²) in [5.41, 5.74) is 5.64. The first-order valence-corrected chi connectivity index (χ1v) is 7.22. The molecule has 0 aromatic carbocycles. The molecule has 0 fully saturated rings. The number of halogens is 1. The smallest absolute Gasteiger partial charge is 0.222 e. The van der Waals surface area contributed by atoms with Crippen LogP contribution in [0.2, 0.25) is 4.34 Å². The van der Waals surface area contributed by atoms with Crippen molar-refractivity contribution >= 4 is 28.8 Å². The van der Waals surface area contributed by atoms with Gasteiger partial charge in [-0.1, -0.05) is 25.4 Å². The summed E-state index contributed by atoms with van der Waals surface area (Å²) in [5, 5.41) is 0. The highest BCUT2D eigenvalue weighted by atomic mass is 35.5. The summed E-state index contributed by atoms with van der Waals surface area (Å²) in [6.45, 7) is 5.39. The van der Waals surface area contributed by atoms with E-state index < -0.39 is 0 Å². The third-order valence-corrected chi connectivity index (χ3v) is 4.15. The van der Waals surface area contributed by atoms with E-state index >= 15 is 0 Å². The highest BCUT2D eigenvalue weighted by Crippen LogP contribution is 2.23. The van der Waals surface area contributed by atoms with Crippen LogP contribution in [0.25, 0.3) is 0 Å². The number of aryl methyl sites for hydroxylation is 1. The highest BCUT2D eigenvalue weighted by Gasteiger charge is 2.20. The molecule has 0 saturated heterocycles. The van der Waals surface area contributed by atoms with E-state index in [1.54, 1.807) is 4.90 Å². The minimum absolute atomic E-state index is 0.0311. The van der Waals surface area contributed by atoms with Crippen molar-refractivity contribution in [2.24, 2.45) is 11.1 Å². The topological polar surface area (TPSA) is 46.3 Å². The van der Waals surface area contributed by atoms with Crippen molar-refractivity contribution in [3.8, 4) is 0 Å². The van der Waals surface area contributed by atoms with Gasteiger partial charge >= 0.3 is 0 Å². The molecular formula is C13H21ClN2OS. The quantitative estimate of drug-likeness (QED) is 0.875. The van der Waals surface area contributed by atoms with E-state index in [-0.39, 0.29) is 11.3 Å². The predicted molar refractivity (Wildman–Crippen MR) is 78.1 cm³/mol. The average Bonchev–Trinajstić information content (AvgIpc) is 2.71. The molecule has 0 atom stereocenters. The van der Waals surface area contributed by atoms with Crippen LogP contribution in [-0.2, 0) is 11.2 Å². The number of carbonyl (C=O) groups is 1. The van der Waals surface area contributed by atoms with Gasteiger partial charge < -0.3 is 10.6 Å². The number of rotatable bonds is 6. The summed E-state index contributed by atoms with van der Waals surface area (Å²) in [5.74, 6) is 0.154. The Morgan fingerprint density at radius 1 is 1.50 bits per heavy atom. The lowest BCUT2D eigenvalue weighted by Gasteiger charge is -2.29. The first kappa shape index (κ1) is 15.5. The Kier molecular flexibility index (Phi) is 5.63. The largest absolute Gasteiger partial charge is 0.345 e.